The number of aromatic nitrogens is 1. The molecule has 0 amide bonds. The molecule has 1 saturated heterocycles. The number of nitrogens with one attached hydrogen (secondary N) is 2. The average Bonchev–Trinajstić information content (AvgIpc) is 2.38. The molecule has 1 aliphatic rings. The van der Waals surface area contributed by atoms with Gasteiger partial charge in [0.25, 0.3) is 0 Å². The zero-order valence-corrected chi connectivity index (χ0v) is 9.65. The van der Waals surface area contributed by atoms with E-state index in [0.29, 0.717) is 12.1 Å². The zero-order valence-electron chi connectivity index (χ0n) is 9.65. The van der Waals surface area contributed by atoms with E-state index in [1.54, 1.807) is 6.20 Å². The van der Waals surface area contributed by atoms with E-state index < -0.39 is 0 Å². The molecular weight excluding hydrogens is 202 g/mol. The van der Waals surface area contributed by atoms with Crippen LogP contribution in [0.2, 0.25) is 0 Å². The summed E-state index contributed by atoms with van der Waals surface area (Å²) in [4.78, 5) is 4.15. The monoisotopic (exact) mass is 221 g/mol. The van der Waals surface area contributed by atoms with Crippen molar-refractivity contribution in [1.29, 1.82) is 0 Å². The van der Waals surface area contributed by atoms with Crippen LogP contribution in [0.15, 0.2) is 24.5 Å². The van der Waals surface area contributed by atoms with Crippen LogP contribution in [0.1, 0.15) is 18.0 Å². The summed E-state index contributed by atoms with van der Waals surface area (Å²) in [5.41, 5.74) is 1.22. The highest BCUT2D eigenvalue weighted by atomic mass is 16.5. The molecule has 16 heavy (non-hydrogen) atoms. The Morgan fingerprint density at radius 2 is 2.62 bits per heavy atom. The first kappa shape index (κ1) is 11.5. The molecule has 1 aliphatic heterocycles. The Bertz CT molecular complexity index is 298. The van der Waals surface area contributed by atoms with Crippen molar-refractivity contribution in [2.24, 2.45) is 0 Å². The van der Waals surface area contributed by atoms with Gasteiger partial charge in [0.1, 0.15) is 0 Å². The fraction of sp³-hybridized carbons (Fsp3) is 0.583. The molecule has 0 aliphatic carbocycles. The molecule has 0 bridgehead atoms. The molecule has 0 saturated carbocycles. The maximum absolute atomic E-state index is 5.71. The molecule has 0 aromatic carbocycles. The highest BCUT2D eigenvalue weighted by Gasteiger charge is 2.19. The Labute approximate surface area is 96.4 Å². The van der Waals surface area contributed by atoms with Gasteiger partial charge < -0.3 is 15.4 Å². The second-order valence-corrected chi connectivity index (χ2v) is 4.06. The largest absolute Gasteiger partial charge is 0.376 e. The van der Waals surface area contributed by atoms with Gasteiger partial charge in [-0.3, -0.25) is 4.98 Å². The first-order valence-corrected chi connectivity index (χ1v) is 5.79. The van der Waals surface area contributed by atoms with Gasteiger partial charge in [0, 0.05) is 31.5 Å². The molecule has 1 aromatic rings. The van der Waals surface area contributed by atoms with Crippen molar-refractivity contribution in [2.45, 2.75) is 18.6 Å². The van der Waals surface area contributed by atoms with Crippen LogP contribution in [0.3, 0.4) is 0 Å². The molecule has 2 heterocycles. The third kappa shape index (κ3) is 3.01. The quantitative estimate of drug-likeness (QED) is 0.786. The molecule has 1 aromatic heterocycles. The number of ether oxygens (including phenoxy) is 1. The molecule has 4 nitrogen and oxygen atoms in total. The Kier molecular flexibility index (Phi) is 4.27. The lowest BCUT2D eigenvalue weighted by Gasteiger charge is -2.27. The second kappa shape index (κ2) is 5.94. The molecule has 1 fully saturated rings. The van der Waals surface area contributed by atoms with Crippen molar-refractivity contribution in [2.75, 3.05) is 26.7 Å². The van der Waals surface area contributed by atoms with E-state index in [2.05, 4.69) is 21.7 Å². The topological polar surface area (TPSA) is 46.2 Å². The third-order valence-electron chi connectivity index (χ3n) is 2.94. The number of hydrogen-bond acceptors (Lipinski definition) is 4. The Morgan fingerprint density at radius 3 is 3.25 bits per heavy atom. The summed E-state index contributed by atoms with van der Waals surface area (Å²) in [5, 5.41) is 6.67. The molecule has 88 valence electrons. The van der Waals surface area contributed by atoms with Gasteiger partial charge in [-0.25, -0.2) is 0 Å². The summed E-state index contributed by atoms with van der Waals surface area (Å²) in [6, 6.07) is 4.39. The van der Waals surface area contributed by atoms with Crippen molar-refractivity contribution in [1.82, 2.24) is 15.6 Å². The normalized spacial score (nSPS) is 22.9. The first-order valence-electron chi connectivity index (χ1n) is 5.79. The van der Waals surface area contributed by atoms with E-state index in [-0.39, 0.29) is 0 Å². The predicted octanol–water partition coefficient (Wildman–Crippen LogP) is 0.721. The van der Waals surface area contributed by atoms with E-state index in [1.165, 1.54) is 5.56 Å². The lowest BCUT2D eigenvalue weighted by molar-refractivity contribution is 0.0176. The van der Waals surface area contributed by atoms with Crippen LogP contribution >= 0.6 is 0 Å². The van der Waals surface area contributed by atoms with Gasteiger partial charge >= 0.3 is 0 Å². The summed E-state index contributed by atoms with van der Waals surface area (Å²) >= 11 is 0. The van der Waals surface area contributed by atoms with Crippen LogP contribution in [0.25, 0.3) is 0 Å². The van der Waals surface area contributed by atoms with Crippen molar-refractivity contribution in [3.05, 3.63) is 30.1 Å². The molecule has 0 spiro atoms. The SMILES string of the molecule is CNC(CC1CNCCO1)c1cccnc1. The average molecular weight is 221 g/mol. The molecule has 2 N–H and O–H groups in total. The summed E-state index contributed by atoms with van der Waals surface area (Å²) in [7, 11) is 1.98. The standard InChI is InChI=1S/C12H19N3O/c1-13-12(10-3-2-4-14-8-10)7-11-9-15-5-6-16-11/h2-4,8,11-13,15H,5-7,9H2,1H3. The highest BCUT2D eigenvalue weighted by Crippen LogP contribution is 2.18. The van der Waals surface area contributed by atoms with Crippen LogP contribution in [0, 0.1) is 0 Å². The first-order chi connectivity index (χ1) is 7.90. The molecule has 4 heteroatoms. The van der Waals surface area contributed by atoms with Gasteiger partial charge in [-0.2, -0.15) is 0 Å². The number of hydrogen-bond donors (Lipinski definition) is 2. The van der Waals surface area contributed by atoms with Crippen LogP contribution in [0.4, 0.5) is 0 Å². The molecule has 2 atom stereocenters. The molecule has 2 unspecified atom stereocenters. The molecular formula is C12H19N3O. The van der Waals surface area contributed by atoms with Crippen molar-refractivity contribution >= 4 is 0 Å². The maximum Gasteiger partial charge on any atom is 0.0718 e. The summed E-state index contributed by atoms with van der Waals surface area (Å²) in [6.07, 6.45) is 4.99. The Hall–Kier alpha value is -0.970. The van der Waals surface area contributed by atoms with E-state index in [1.807, 2.05) is 19.3 Å². The van der Waals surface area contributed by atoms with E-state index in [0.717, 1.165) is 26.1 Å². The summed E-state index contributed by atoms with van der Waals surface area (Å²) in [6.45, 7) is 2.72. The summed E-state index contributed by atoms with van der Waals surface area (Å²) < 4.78 is 5.71. The molecule has 2 rings (SSSR count). The van der Waals surface area contributed by atoms with E-state index in [4.69, 9.17) is 4.74 Å². The van der Waals surface area contributed by atoms with Gasteiger partial charge in [-0.15, -0.1) is 0 Å². The number of nitrogens with zero attached hydrogens (tertiary/aromatic N) is 1. The van der Waals surface area contributed by atoms with Crippen LogP contribution < -0.4 is 10.6 Å². The Balaban J connectivity index is 1.94. The van der Waals surface area contributed by atoms with E-state index in [9.17, 15) is 0 Å². The fourth-order valence-electron chi connectivity index (χ4n) is 2.04. The minimum absolute atomic E-state index is 0.298. The lowest BCUT2D eigenvalue weighted by atomic mass is 10.0. The minimum Gasteiger partial charge on any atom is -0.376 e. The van der Waals surface area contributed by atoms with Crippen molar-refractivity contribution in [3.63, 3.8) is 0 Å². The van der Waals surface area contributed by atoms with Crippen LogP contribution in [-0.2, 0) is 4.74 Å². The molecule has 0 radical (unpaired) electrons. The predicted molar refractivity (Wildman–Crippen MR) is 63.3 cm³/mol. The highest BCUT2D eigenvalue weighted by molar-refractivity contribution is 5.13. The van der Waals surface area contributed by atoms with Crippen molar-refractivity contribution < 1.29 is 4.74 Å². The van der Waals surface area contributed by atoms with Crippen molar-refractivity contribution in [3.8, 4) is 0 Å². The van der Waals surface area contributed by atoms with Gasteiger partial charge in [0.05, 0.1) is 12.7 Å². The Morgan fingerprint density at radius 1 is 1.69 bits per heavy atom. The lowest BCUT2D eigenvalue weighted by Crippen LogP contribution is -2.40. The smallest absolute Gasteiger partial charge is 0.0718 e. The fourth-order valence-corrected chi connectivity index (χ4v) is 2.04. The second-order valence-electron chi connectivity index (χ2n) is 4.06. The number of morpholine rings is 1. The number of pyridine rings is 1. The summed E-state index contributed by atoms with van der Waals surface area (Å²) in [5.74, 6) is 0. The minimum atomic E-state index is 0.298. The van der Waals surface area contributed by atoms with E-state index >= 15 is 0 Å². The van der Waals surface area contributed by atoms with Gasteiger partial charge in [0.2, 0.25) is 0 Å². The third-order valence-corrected chi connectivity index (χ3v) is 2.94. The maximum atomic E-state index is 5.71. The van der Waals surface area contributed by atoms with Gasteiger partial charge in [-0.1, -0.05) is 6.07 Å². The number of rotatable bonds is 4. The zero-order chi connectivity index (χ0) is 11.2. The van der Waals surface area contributed by atoms with Gasteiger partial charge in [-0.05, 0) is 25.1 Å². The van der Waals surface area contributed by atoms with Gasteiger partial charge in [0.15, 0.2) is 0 Å². The van der Waals surface area contributed by atoms with Crippen LogP contribution in [0.5, 0.6) is 0 Å². The van der Waals surface area contributed by atoms with Crippen LogP contribution in [-0.4, -0.2) is 37.8 Å².